The first-order valence-corrected chi connectivity index (χ1v) is 8.61. The highest BCUT2D eigenvalue weighted by atomic mass is 35.5. The van der Waals surface area contributed by atoms with E-state index in [0.717, 1.165) is 18.4 Å². The molecule has 0 unspecified atom stereocenters. The molecule has 132 valence electrons. The van der Waals surface area contributed by atoms with Gasteiger partial charge in [0.15, 0.2) is 0 Å². The number of aliphatic hydroxyl groups is 1. The lowest BCUT2D eigenvalue weighted by molar-refractivity contribution is -0.130. The van der Waals surface area contributed by atoms with Gasteiger partial charge in [0.05, 0.1) is 22.6 Å². The van der Waals surface area contributed by atoms with E-state index in [0.29, 0.717) is 34.2 Å². The van der Waals surface area contributed by atoms with Crippen LogP contribution in [0.3, 0.4) is 0 Å². The van der Waals surface area contributed by atoms with Gasteiger partial charge in [0.25, 0.3) is 0 Å². The molecule has 3 rings (SSSR count). The highest BCUT2D eigenvalue weighted by Crippen LogP contribution is 2.48. The number of hydrogen-bond donors (Lipinski definition) is 2. The van der Waals surface area contributed by atoms with Crippen molar-refractivity contribution in [2.45, 2.75) is 38.5 Å². The van der Waals surface area contributed by atoms with Crippen molar-refractivity contribution in [3.8, 4) is 11.3 Å². The molecular formula is C19H20ClNO4. The second kappa shape index (κ2) is 6.65. The van der Waals surface area contributed by atoms with E-state index >= 15 is 0 Å². The Balaban J connectivity index is 2.07. The normalized spacial score (nSPS) is 16.1. The van der Waals surface area contributed by atoms with Crippen LogP contribution in [-0.2, 0) is 10.2 Å². The topological polar surface area (TPSA) is 83.6 Å². The maximum absolute atomic E-state index is 11.6. The molecule has 25 heavy (non-hydrogen) atoms. The largest absolute Gasteiger partial charge is 0.478 e. The van der Waals surface area contributed by atoms with Crippen LogP contribution in [-0.4, -0.2) is 27.8 Å². The summed E-state index contributed by atoms with van der Waals surface area (Å²) in [6.07, 6.45) is 5.50. The SMILES string of the molecule is CC/C=C(/C(=O)O)c1cc(-c2coc(C3(CO)CC3)n2)c(Cl)cc1C. The summed E-state index contributed by atoms with van der Waals surface area (Å²) < 4.78 is 5.56. The number of carbonyl (C=O) groups is 1. The van der Waals surface area contributed by atoms with Gasteiger partial charge in [-0.2, -0.15) is 0 Å². The molecule has 1 aromatic heterocycles. The van der Waals surface area contributed by atoms with E-state index < -0.39 is 5.97 Å². The Bertz CT molecular complexity index is 849. The molecule has 0 atom stereocenters. The fourth-order valence-electron chi connectivity index (χ4n) is 2.91. The first kappa shape index (κ1) is 17.7. The highest BCUT2D eigenvalue weighted by Gasteiger charge is 2.48. The van der Waals surface area contributed by atoms with E-state index in [-0.39, 0.29) is 17.6 Å². The fraction of sp³-hybridized carbons (Fsp3) is 0.368. The van der Waals surface area contributed by atoms with Gasteiger partial charge >= 0.3 is 5.97 Å². The lowest BCUT2D eigenvalue weighted by Crippen LogP contribution is -2.12. The number of aryl methyl sites for hydroxylation is 1. The molecule has 0 amide bonds. The Hall–Kier alpha value is -2.11. The third-order valence-corrected chi connectivity index (χ3v) is 4.95. The molecule has 1 heterocycles. The number of benzene rings is 1. The molecule has 1 fully saturated rings. The Kier molecular flexibility index (Phi) is 4.71. The number of rotatable bonds is 6. The Labute approximate surface area is 151 Å². The maximum atomic E-state index is 11.6. The third kappa shape index (κ3) is 3.22. The Morgan fingerprint density at radius 3 is 2.72 bits per heavy atom. The number of aliphatic hydroxyl groups excluding tert-OH is 1. The summed E-state index contributed by atoms with van der Waals surface area (Å²) >= 11 is 6.37. The van der Waals surface area contributed by atoms with Gasteiger partial charge in [-0.25, -0.2) is 9.78 Å². The molecule has 0 spiro atoms. The molecule has 0 bridgehead atoms. The number of hydrogen-bond acceptors (Lipinski definition) is 4. The Morgan fingerprint density at radius 1 is 1.44 bits per heavy atom. The van der Waals surface area contributed by atoms with Gasteiger partial charge in [-0.1, -0.05) is 24.6 Å². The summed E-state index contributed by atoms with van der Waals surface area (Å²) in [5.74, 6) is -0.470. The van der Waals surface area contributed by atoms with Crippen LogP contribution in [0.15, 0.2) is 28.9 Å². The zero-order chi connectivity index (χ0) is 18.2. The van der Waals surface area contributed by atoms with Crippen LogP contribution >= 0.6 is 11.6 Å². The van der Waals surface area contributed by atoms with Crippen LogP contribution in [0.25, 0.3) is 16.8 Å². The molecule has 2 N–H and O–H groups in total. The first-order valence-electron chi connectivity index (χ1n) is 8.23. The van der Waals surface area contributed by atoms with E-state index in [4.69, 9.17) is 16.0 Å². The van der Waals surface area contributed by atoms with Crippen molar-refractivity contribution in [2.24, 2.45) is 0 Å². The summed E-state index contributed by atoms with van der Waals surface area (Å²) in [5.41, 5.74) is 2.44. The quantitative estimate of drug-likeness (QED) is 0.753. The maximum Gasteiger partial charge on any atom is 0.335 e. The smallest absolute Gasteiger partial charge is 0.335 e. The van der Waals surface area contributed by atoms with Gasteiger partial charge in [-0.15, -0.1) is 0 Å². The van der Waals surface area contributed by atoms with E-state index in [1.165, 1.54) is 6.26 Å². The van der Waals surface area contributed by atoms with Crippen LogP contribution in [0.2, 0.25) is 5.02 Å². The van der Waals surface area contributed by atoms with E-state index in [9.17, 15) is 15.0 Å². The number of aliphatic carboxylic acids is 1. The second-order valence-corrected chi connectivity index (χ2v) is 6.86. The lowest BCUT2D eigenvalue weighted by Gasteiger charge is -2.11. The lowest BCUT2D eigenvalue weighted by atomic mass is 9.96. The molecule has 0 saturated heterocycles. The number of oxazole rings is 1. The van der Waals surface area contributed by atoms with Crippen molar-refractivity contribution in [2.75, 3.05) is 6.61 Å². The second-order valence-electron chi connectivity index (χ2n) is 6.45. The van der Waals surface area contributed by atoms with Crippen LogP contribution in [0.1, 0.15) is 43.2 Å². The molecule has 1 aliphatic rings. The number of halogens is 1. The summed E-state index contributed by atoms with van der Waals surface area (Å²) in [6, 6.07) is 3.49. The molecule has 1 aromatic carbocycles. The minimum Gasteiger partial charge on any atom is -0.478 e. The minimum atomic E-state index is -0.976. The monoisotopic (exact) mass is 361 g/mol. The van der Waals surface area contributed by atoms with Crippen molar-refractivity contribution in [1.29, 1.82) is 0 Å². The molecule has 1 aliphatic carbocycles. The number of nitrogens with zero attached hydrogens (tertiary/aromatic N) is 1. The van der Waals surface area contributed by atoms with Crippen molar-refractivity contribution in [1.82, 2.24) is 4.98 Å². The molecular weight excluding hydrogens is 342 g/mol. The number of allylic oxidation sites excluding steroid dienone is 1. The van der Waals surface area contributed by atoms with Crippen LogP contribution in [0.4, 0.5) is 0 Å². The third-order valence-electron chi connectivity index (χ3n) is 4.63. The zero-order valence-corrected chi connectivity index (χ0v) is 14.9. The van der Waals surface area contributed by atoms with Gasteiger partial charge in [-0.3, -0.25) is 0 Å². The summed E-state index contributed by atoms with van der Waals surface area (Å²) in [6.45, 7) is 3.72. The number of aromatic nitrogens is 1. The van der Waals surface area contributed by atoms with Gasteiger partial charge in [0, 0.05) is 5.56 Å². The van der Waals surface area contributed by atoms with Crippen molar-refractivity contribution >= 4 is 23.1 Å². The highest BCUT2D eigenvalue weighted by molar-refractivity contribution is 6.33. The molecule has 5 nitrogen and oxygen atoms in total. The molecule has 0 radical (unpaired) electrons. The van der Waals surface area contributed by atoms with Gasteiger partial charge in [0.1, 0.15) is 12.0 Å². The summed E-state index contributed by atoms with van der Waals surface area (Å²) in [4.78, 5) is 16.1. The average molecular weight is 362 g/mol. The van der Waals surface area contributed by atoms with E-state index in [1.807, 2.05) is 13.8 Å². The number of carboxylic acids is 1. The first-order chi connectivity index (χ1) is 11.9. The predicted octanol–water partition coefficient (Wildman–Crippen LogP) is 4.21. The molecule has 0 aliphatic heterocycles. The standard InChI is InChI=1S/C19H20ClNO4/c1-3-4-12(17(23)24)13-8-14(15(20)7-11(13)2)16-9-25-18(21-16)19(10-22)5-6-19/h4,7-9,22H,3,5-6,10H2,1-2H3,(H,23,24)/b12-4+. The van der Waals surface area contributed by atoms with Crippen LogP contribution in [0.5, 0.6) is 0 Å². The fourth-order valence-corrected chi connectivity index (χ4v) is 3.22. The summed E-state index contributed by atoms with van der Waals surface area (Å²) in [7, 11) is 0. The van der Waals surface area contributed by atoms with Crippen LogP contribution in [0, 0.1) is 6.92 Å². The van der Waals surface area contributed by atoms with E-state index in [2.05, 4.69) is 4.98 Å². The number of carboxylic acid groups (broad SMARTS) is 1. The molecule has 1 saturated carbocycles. The van der Waals surface area contributed by atoms with Crippen molar-refractivity contribution in [3.63, 3.8) is 0 Å². The van der Waals surface area contributed by atoms with Crippen molar-refractivity contribution < 1.29 is 19.4 Å². The minimum absolute atomic E-state index is 0.00222. The van der Waals surface area contributed by atoms with E-state index in [1.54, 1.807) is 18.2 Å². The Morgan fingerprint density at radius 2 is 2.16 bits per heavy atom. The zero-order valence-electron chi connectivity index (χ0n) is 14.2. The predicted molar refractivity (Wildman–Crippen MR) is 95.6 cm³/mol. The van der Waals surface area contributed by atoms with Gasteiger partial charge in [0.2, 0.25) is 5.89 Å². The van der Waals surface area contributed by atoms with Gasteiger partial charge in [-0.05, 0) is 49.4 Å². The average Bonchev–Trinajstić information content (AvgIpc) is 3.22. The van der Waals surface area contributed by atoms with Crippen molar-refractivity contribution in [3.05, 3.63) is 46.5 Å². The summed E-state index contributed by atoms with van der Waals surface area (Å²) in [5, 5.41) is 19.5. The van der Waals surface area contributed by atoms with Gasteiger partial charge < -0.3 is 14.6 Å². The molecule has 6 heteroatoms. The van der Waals surface area contributed by atoms with Crippen LogP contribution < -0.4 is 0 Å². The molecule has 2 aromatic rings.